The summed E-state index contributed by atoms with van der Waals surface area (Å²) in [5.74, 6) is 0.0581. The van der Waals surface area contributed by atoms with Crippen LogP contribution in [-0.2, 0) is 4.74 Å². The maximum Gasteiger partial charge on any atom is 0.255 e. The van der Waals surface area contributed by atoms with Crippen LogP contribution >= 0.6 is 11.6 Å². The number of likely N-dealkylation sites (tertiary alicyclic amines) is 1. The maximum absolute atomic E-state index is 12.6. The van der Waals surface area contributed by atoms with Crippen LogP contribution in [0, 0.1) is 0 Å². The zero-order chi connectivity index (χ0) is 16.2. The van der Waals surface area contributed by atoms with Crippen LogP contribution in [0.15, 0.2) is 24.3 Å². The smallest absolute Gasteiger partial charge is 0.255 e. The van der Waals surface area contributed by atoms with E-state index in [9.17, 15) is 4.79 Å². The predicted octanol–water partition coefficient (Wildman–Crippen LogP) is 3.06. The third-order valence-electron chi connectivity index (χ3n) is 5.20. The van der Waals surface area contributed by atoms with Gasteiger partial charge >= 0.3 is 0 Å². The lowest BCUT2D eigenvalue weighted by Gasteiger charge is -2.41. The number of benzene rings is 1. The molecule has 0 aliphatic carbocycles. The summed E-state index contributed by atoms with van der Waals surface area (Å²) in [7, 11) is 2.23. The van der Waals surface area contributed by atoms with Crippen LogP contribution in [0.1, 0.15) is 36.0 Å². The Morgan fingerprint density at radius 1 is 1.13 bits per heavy atom. The number of ether oxygens (including phenoxy) is 1. The molecular weight excluding hydrogens is 312 g/mol. The Morgan fingerprint density at radius 3 is 2.39 bits per heavy atom. The summed E-state index contributed by atoms with van der Waals surface area (Å²) in [6.07, 6.45) is 4.30. The minimum absolute atomic E-state index is 0.0581. The summed E-state index contributed by atoms with van der Waals surface area (Å²) >= 11 is 6.15. The lowest BCUT2D eigenvalue weighted by atomic mass is 9.98. The first-order chi connectivity index (χ1) is 11.2. The van der Waals surface area contributed by atoms with Gasteiger partial charge in [0.2, 0.25) is 0 Å². The van der Waals surface area contributed by atoms with Gasteiger partial charge in [-0.1, -0.05) is 23.7 Å². The Hall–Kier alpha value is -1.10. The second-order valence-electron chi connectivity index (χ2n) is 6.51. The fourth-order valence-electron chi connectivity index (χ4n) is 3.67. The van der Waals surface area contributed by atoms with Crippen molar-refractivity contribution in [3.05, 3.63) is 34.9 Å². The minimum Gasteiger partial charge on any atom is -0.381 e. The van der Waals surface area contributed by atoms with E-state index >= 15 is 0 Å². The molecule has 4 nitrogen and oxygen atoms in total. The number of halogens is 1. The molecule has 2 fully saturated rings. The van der Waals surface area contributed by atoms with Crippen LogP contribution in [0.4, 0.5) is 0 Å². The molecule has 1 aromatic rings. The normalized spacial score (nSPS) is 20.9. The summed E-state index contributed by atoms with van der Waals surface area (Å²) in [6.45, 7) is 3.36. The van der Waals surface area contributed by atoms with Crippen molar-refractivity contribution in [3.63, 3.8) is 0 Å². The van der Waals surface area contributed by atoms with E-state index in [0.29, 0.717) is 22.7 Å². The molecule has 2 heterocycles. The van der Waals surface area contributed by atoms with Crippen molar-refractivity contribution >= 4 is 17.5 Å². The molecule has 0 spiro atoms. The molecule has 0 unspecified atom stereocenters. The van der Waals surface area contributed by atoms with Crippen LogP contribution in [0.2, 0.25) is 5.02 Å². The van der Waals surface area contributed by atoms with Crippen LogP contribution in [-0.4, -0.2) is 61.1 Å². The Balaban J connectivity index is 1.56. The summed E-state index contributed by atoms with van der Waals surface area (Å²) in [5, 5.41) is 0.541. The molecule has 126 valence electrons. The second-order valence-corrected chi connectivity index (χ2v) is 6.92. The maximum atomic E-state index is 12.6. The van der Waals surface area contributed by atoms with Gasteiger partial charge in [0, 0.05) is 38.4 Å². The largest absolute Gasteiger partial charge is 0.381 e. The van der Waals surface area contributed by atoms with Gasteiger partial charge in [-0.25, -0.2) is 0 Å². The van der Waals surface area contributed by atoms with Gasteiger partial charge in [-0.3, -0.25) is 4.79 Å². The third-order valence-corrected chi connectivity index (χ3v) is 5.53. The molecule has 1 amide bonds. The zero-order valence-corrected chi connectivity index (χ0v) is 14.5. The van der Waals surface area contributed by atoms with Gasteiger partial charge in [0.25, 0.3) is 5.91 Å². The zero-order valence-electron chi connectivity index (χ0n) is 13.7. The molecule has 0 radical (unpaired) electrons. The molecule has 1 aromatic carbocycles. The summed E-state index contributed by atoms with van der Waals surface area (Å²) in [4.78, 5) is 17.1. The molecule has 0 atom stereocenters. The number of carbonyl (C=O) groups is 1. The van der Waals surface area contributed by atoms with Gasteiger partial charge < -0.3 is 14.5 Å². The average Bonchev–Trinajstić information content (AvgIpc) is 2.62. The molecule has 0 bridgehead atoms. The van der Waals surface area contributed by atoms with Crippen molar-refractivity contribution in [2.45, 2.75) is 37.8 Å². The molecule has 0 saturated carbocycles. The van der Waals surface area contributed by atoms with E-state index < -0.39 is 0 Å². The first-order valence-corrected chi connectivity index (χ1v) is 8.88. The number of rotatable bonds is 3. The molecule has 3 rings (SSSR count). The van der Waals surface area contributed by atoms with E-state index in [4.69, 9.17) is 16.3 Å². The highest BCUT2D eigenvalue weighted by molar-refractivity contribution is 6.33. The number of piperidine rings is 1. The SMILES string of the molecule is CN(C1CCOCC1)C1CCN(C(=O)c2ccccc2Cl)CC1. The Morgan fingerprint density at radius 2 is 1.74 bits per heavy atom. The highest BCUT2D eigenvalue weighted by Gasteiger charge is 2.30. The van der Waals surface area contributed by atoms with Crippen LogP contribution in [0.5, 0.6) is 0 Å². The van der Waals surface area contributed by atoms with E-state index in [-0.39, 0.29) is 5.91 Å². The van der Waals surface area contributed by atoms with Gasteiger partial charge in [0.05, 0.1) is 10.6 Å². The number of nitrogens with zero attached hydrogens (tertiary/aromatic N) is 2. The lowest BCUT2D eigenvalue weighted by Crippen LogP contribution is -2.49. The van der Waals surface area contributed by atoms with Crippen LogP contribution in [0.3, 0.4) is 0 Å². The Labute approximate surface area is 143 Å². The monoisotopic (exact) mass is 336 g/mol. The van der Waals surface area contributed by atoms with Gasteiger partial charge in [-0.05, 0) is 44.9 Å². The van der Waals surface area contributed by atoms with E-state index in [1.807, 2.05) is 23.1 Å². The lowest BCUT2D eigenvalue weighted by molar-refractivity contribution is 0.0152. The number of hydrogen-bond acceptors (Lipinski definition) is 3. The van der Waals surface area contributed by atoms with Crippen LogP contribution < -0.4 is 0 Å². The Bertz CT molecular complexity index is 538. The minimum atomic E-state index is 0.0581. The van der Waals surface area contributed by atoms with Gasteiger partial charge in [-0.2, -0.15) is 0 Å². The fraction of sp³-hybridized carbons (Fsp3) is 0.611. The highest BCUT2D eigenvalue weighted by Crippen LogP contribution is 2.24. The first-order valence-electron chi connectivity index (χ1n) is 8.50. The van der Waals surface area contributed by atoms with Crippen LogP contribution in [0.25, 0.3) is 0 Å². The molecule has 0 N–H and O–H groups in total. The quantitative estimate of drug-likeness (QED) is 0.850. The first kappa shape index (κ1) is 16.7. The topological polar surface area (TPSA) is 32.8 Å². The molecule has 23 heavy (non-hydrogen) atoms. The van der Waals surface area contributed by atoms with Crippen molar-refractivity contribution in [2.75, 3.05) is 33.4 Å². The summed E-state index contributed by atoms with van der Waals surface area (Å²) in [6, 6.07) is 8.50. The van der Waals surface area contributed by atoms with Gasteiger partial charge in [0.15, 0.2) is 0 Å². The van der Waals surface area contributed by atoms with E-state index in [1.54, 1.807) is 6.07 Å². The van der Waals surface area contributed by atoms with Crippen molar-refractivity contribution in [1.82, 2.24) is 9.80 Å². The second kappa shape index (κ2) is 7.65. The van der Waals surface area contributed by atoms with E-state index in [2.05, 4.69) is 11.9 Å². The predicted molar refractivity (Wildman–Crippen MR) is 92.0 cm³/mol. The number of carbonyl (C=O) groups excluding carboxylic acids is 1. The van der Waals surface area contributed by atoms with E-state index in [0.717, 1.165) is 52.0 Å². The van der Waals surface area contributed by atoms with Crippen molar-refractivity contribution in [1.29, 1.82) is 0 Å². The average molecular weight is 337 g/mol. The molecule has 2 saturated heterocycles. The standard InChI is InChI=1S/C18H25ClN2O2/c1-20(15-8-12-23-13-9-15)14-6-10-21(11-7-14)18(22)16-4-2-3-5-17(16)19/h2-5,14-15H,6-13H2,1H3. The third kappa shape index (κ3) is 3.87. The van der Waals surface area contributed by atoms with Crippen molar-refractivity contribution in [2.24, 2.45) is 0 Å². The summed E-state index contributed by atoms with van der Waals surface area (Å²) < 4.78 is 5.45. The molecule has 0 aromatic heterocycles. The number of amides is 1. The summed E-state index contributed by atoms with van der Waals surface area (Å²) in [5.41, 5.74) is 0.616. The Kier molecular flexibility index (Phi) is 5.57. The molecular formula is C18H25ClN2O2. The van der Waals surface area contributed by atoms with Crippen molar-refractivity contribution in [3.8, 4) is 0 Å². The van der Waals surface area contributed by atoms with E-state index in [1.165, 1.54) is 0 Å². The molecule has 2 aliphatic rings. The van der Waals surface area contributed by atoms with Gasteiger partial charge in [-0.15, -0.1) is 0 Å². The number of hydrogen-bond donors (Lipinski definition) is 0. The fourth-order valence-corrected chi connectivity index (χ4v) is 3.89. The van der Waals surface area contributed by atoms with Gasteiger partial charge in [0.1, 0.15) is 0 Å². The highest BCUT2D eigenvalue weighted by atomic mass is 35.5. The molecule has 5 heteroatoms. The van der Waals surface area contributed by atoms with Crippen molar-refractivity contribution < 1.29 is 9.53 Å². The molecule has 2 aliphatic heterocycles.